The molecule has 0 saturated carbocycles. The van der Waals surface area contributed by atoms with Gasteiger partial charge in [0.05, 0.1) is 16.8 Å². The molecule has 0 aromatic heterocycles. The smallest absolute Gasteiger partial charge is 0.398 e. The van der Waals surface area contributed by atoms with Crippen molar-refractivity contribution in [1.29, 1.82) is 5.26 Å². The van der Waals surface area contributed by atoms with Gasteiger partial charge in [0.25, 0.3) is 5.91 Å². The second-order valence-electron chi connectivity index (χ2n) is 5.83. The van der Waals surface area contributed by atoms with Crippen molar-refractivity contribution in [3.63, 3.8) is 0 Å². The number of carbonyl (C=O) groups is 1. The number of nitrogens with one attached hydrogen (secondary N) is 1. The highest BCUT2D eigenvalue weighted by molar-refractivity contribution is 6.05. The van der Waals surface area contributed by atoms with E-state index in [1.165, 1.54) is 30.3 Å². The number of carbonyl (C=O) groups excluding carboxylic acids is 1. The van der Waals surface area contributed by atoms with Gasteiger partial charge in [-0.25, -0.2) is 0 Å². The van der Waals surface area contributed by atoms with Crippen molar-refractivity contribution in [2.45, 2.75) is 20.0 Å². The number of nitrogens with zero attached hydrogens (tertiary/aromatic N) is 1. The van der Waals surface area contributed by atoms with E-state index in [0.717, 1.165) is 0 Å². The average Bonchev–Trinajstić information content (AvgIpc) is 2.56. The lowest BCUT2D eigenvalue weighted by molar-refractivity contribution is -0.0686. The minimum Gasteiger partial charge on any atom is -0.398 e. The zero-order chi connectivity index (χ0) is 19.6. The lowest BCUT2D eigenvalue weighted by Gasteiger charge is -2.16. The number of anilines is 2. The SMILES string of the molecule is C=C(c1cc(C)c(NC(=O)c2ccc(C#N)c(N)c2)c(C)c1)C(F)(F)F. The molecule has 7 heteroatoms. The Balaban J connectivity index is 2.33. The summed E-state index contributed by atoms with van der Waals surface area (Å²) < 4.78 is 38.5. The van der Waals surface area contributed by atoms with Crippen molar-refractivity contribution in [3.8, 4) is 6.07 Å². The van der Waals surface area contributed by atoms with Crippen LogP contribution in [-0.4, -0.2) is 12.1 Å². The van der Waals surface area contributed by atoms with Gasteiger partial charge in [0, 0.05) is 11.3 Å². The van der Waals surface area contributed by atoms with Gasteiger partial charge < -0.3 is 11.1 Å². The standard InChI is InChI=1S/C19H16F3N3O/c1-10-6-15(12(3)19(20,21)22)7-11(2)17(10)25-18(26)13-4-5-14(9-23)16(24)8-13/h4-8H,3,24H2,1-2H3,(H,25,26). The number of amides is 1. The first kappa shape index (κ1) is 19.1. The molecule has 0 heterocycles. The summed E-state index contributed by atoms with van der Waals surface area (Å²) in [6.45, 7) is 6.29. The molecule has 2 aromatic carbocycles. The van der Waals surface area contributed by atoms with Crippen LogP contribution in [0.5, 0.6) is 0 Å². The molecular formula is C19H16F3N3O. The lowest BCUT2D eigenvalue weighted by Crippen LogP contribution is -2.15. The van der Waals surface area contributed by atoms with Crippen LogP contribution in [-0.2, 0) is 0 Å². The fraction of sp³-hybridized carbons (Fsp3) is 0.158. The molecular weight excluding hydrogens is 343 g/mol. The predicted molar refractivity (Wildman–Crippen MR) is 94.5 cm³/mol. The third kappa shape index (κ3) is 3.86. The number of hydrogen-bond donors (Lipinski definition) is 2. The summed E-state index contributed by atoms with van der Waals surface area (Å²) in [4.78, 5) is 12.4. The van der Waals surface area contributed by atoms with Crippen LogP contribution in [0.3, 0.4) is 0 Å². The van der Waals surface area contributed by atoms with Gasteiger partial charge in [-0.15, -0.1) is 0 Å². The van der Waals surface area contributed by atoms with Crippen molar-refractivity contribution < 1.29 is 18.0 Å². The molecule has 0 aliphatic carbocycles. The lowest BCUT2D eigenvalue weighted by atomic mass is 9.99. The van der Waals surface area contributed by atoms with E-state index < -0.39 is 17.7 Å². The molecule has 1 amide bonds. The second-order valence-corrected chi connectivity index (χ2v) is 5.83. The van der Waals surface area contributed by atoms with Crippen LogP contribution >= 0.6 is 0 Å². The molecule has 134 valence electrons. The summed E-state index contributed by atoms with van der Waals surface area (Å²) >= 11 is 0. The minimum absolute atomic E-state index is 0.0480. The monoisotopic (exact) mass is 359 g/mol. The fourth-order valence-electron chi connectivity index (χ4n) is 2.49. The summed E-state index contributed by atoms with van der Waals surface area (Å²) in [5.41, 5.74) is 6.73. The van der Waals surface area contributed by atoms with E-state index in [0.29, 0.717) is 16.8 Å². The number of alkyl halides is 3. The van der Waals surface area contributed by atoms with Crippen LogP contribution in [0.25, 0.3) is 5.57 Å². The molecule has 3 N–H and O–H groups in total. The number of hydrogen-bond acceptors (Lipinski definition) is 3. The Kier molecular flexibility index (Phi) is 5.07. The largest absolute Gasteiger partial charge is 0.416 e. The zero-order valence-corrected chi connectivity index (χ0v) is 14.2. The molecule has 0 bridgehead atoms. The number of nitriles is 1. The quantitative estimate of drug-likeness (QED) is 0.787. The molecule has 0 fully saturated rings. The van der Waals surface area contributed by atoms with Crippen LogP contribution in [0, 0.1) is 25.2 Å². The Hall–Kier alpha value is -3.27. The number of benzene rings is 2. The highest BCUT2D eigenvalue weighted by atomic mass is 19.4. The van der Waals surface area contributed by atoms with Crippen LogP contribution in [0.1, 0.15) is 32.6 Å². The van der Waals surface area contributed by atoms with E-state index in [2.05, 4.69) is 11.9 Å². The van der Waals surface area contributed by atoms with Gasteiger partial charge in [-0.1, -0.05) is 6.58 Å². The van der Waals surface area contributed by atoms with E-state index in [9.17, 15) is 18.0 Å². The third-order valence-corrected chi connectivity index (χ3v) is 3.90. The highest BCUT2D eigenvalue weighted by Gasteiger charge is 2.33. The molecule has 0 aliphatic heterocycles. The fourth-order valence-corrected chi connectivity index (χ4v) is 2.49. The third-order valence-electron chi connectivity index (χ3n) is 3.90. The summed E-state index contributed by atoms with van der Waals surface area (Å²) in [6.07, 6.45) is -4.52. The molecule has 0 atom stereocenters. The zero-order valence-electron chi connectivity index (χ0n) is 14.2. The molecule has 2 rings (SSSR count). The normalized spacial score (nSPS) is 10.9. The average molecular weight is 359 g/mol. The van der Waals surface area contributed by atoms with E-state index in [-0.39, 0.29) is 22.4 Å². The Morgan fingerprint density at radius 1 is 1.15 bits per heavy atom. The maximum atomic E-state index is 12.8. The maximum absolute atomic E-state index is 12.8. The number of halogens is 3. The minimum atomic E-state index is -4.52. The van der Waals surface area contributed by atoms with E-state index in [1.807, 2.05) is 6.07 Å². The van der Waals surface area contributed by atoms with Gasteiger partial charge in [0.1, 0.15) is 6.07 Å². The van der Waals surface area contributed by atoms with Crippen molar-refractivity contribution >= 4 is 22.9 Å². The Labute approximate surface area is 148 Å². The Morgan fingerprint density at radius 3 is 2.19 bits per heavy atom. The molecule has 0 radical (unpaired) electrons. The van der Waals surface area contributed by atoms with Crippen LogP contribution in [0.2, 0.25) is 0 Å². The Bertz CT molecular complexity index is 917. The molecule has 0 unspecified atom stereocenters. The van der Waals surface area contributed by atoms with Gasteiger partial charge in [0.2, 0.25) is 0 Å². The number of nitrogen functional groups attached to an aromatic ring is 1. The first-order chi connectivity index (χ1) is 12.0. The first-order valence-corrected chi connectivity index (χ1v) is 7.53. The van der Waals surface area contributed by atoms with Gasteiger partial charge in [0.15, 0.2) is 0 Å². The number of rotatable bonds is 3. The predicted octanol–water partition coefficient (Wildman–Crippen LogP) is 4.59. The second kappa shape index (κ2) is 6.92. The molecule has 0 spiro atoms. The van der Waals surface area contributed by atoms with Crippen molar-refractivity contribution in [2.24, 2.45) is 0 Å². The van der Waals surface area contributed by atoms with Crippen molar-refractivity contribution in [1.82, 2.24) is 0 Å². The number of allylic oxidation sites excluding steroid dienone is 1. The van der Waals surface area contributed by atoms with Crippen LogP contribution in [0.4, 0.5) is 24.5 Å². The Morgan fingerprint density at radius 2 is 1.73 bits per heavy atom. The van der Waals surface area contributed by atoms with Gasteiger partial charge >= 0.3 is 6.18 Å². The molecule has 26 heavy (non-hydrogen) atoms. The highest BCUT2D eigenvalue weighted by Crippen LogP contribution is 2.35. The van der Waals surface area contributed by atoms with Crippen LogP contribution < -0.4 is 11.1 Å². The summed E-state index contributed by atoms with van der Waals surface area (Å²) in [6, 6.07) is 8.81. The summed E-state index contributed by atoms with van der Waals surface area (Å²) in [7, 11) is 0. The summed E-state index contributed by atoms with van der Waals surface area (Å²) in [5.74, 6) is -0.477. The van der Waals surface area contributed by atoms with Crippen molar-refractivity contribution in [2.75, 3.05) is 11.1 Å². The van der Waals surface area contributed by atoms with E-state index >= 15 is 0 Å². The van der Waals surface area contributed by atoms with Crippen LogP contribution in [0.15, 0.2) is 36.9 Å². The van der Waals surface area contributed by atoms with E-state index in [4.69, 9.17) is 11.0 Å². The molecule has 0 aliphatic rings. The number of nitrogens with two attached hydrogens (primary N) is 1. The van der Waals surface area contributed by atoms with Crippen molar-refractivity contribution in [3.05, 3.63) is 64.7 Å². The number of aryl methyl sites for hydroxylation is 2. The topological polar surface area (TPSA) is 78.9 Å². The van der Waals surface area contributed by atoms with Gasteiger partial charge in [-0.2, -0.15) is 18.4 Å². The molecule has 0 saturated heterocycles. The first-order valence-electron chi connectivity index (χ1n) is 7.53. The van der Waals surface area contributed by atoms with Gasteiger partial charge in [-0.3, -0.25) is 4.79 Å². The molecule has 4 nitrogen and oxygen atoms in total. The van der Waals surface area contributed by atoms with E-state index in [1.54, 1.807) is 13.8 Å². The maximum Gasteiger partial charge on any atom is 0.416 e. The summed E-state index contributed by atoms with van der Waals surface area (Å²) in [5, 5.41) is 11.5. The molecule has 2 aromatic rings. The van der Waals surface area contributed by atoms with Gasteiger partial charge in [-0.05, 0) is 60.9 Å².